The summed E-state index contributed by atoms with van der Waals surface area (Å²) in [6, 6.07) is 12.7. The highest BCUT2D eigenvalue weighted by Gasteiger charge is 2.09. The summed E-state index contributed by atoms with van der Waals surface area (Å²) in [4.78, 5) is 0. The molecule has 5 heteroatoms. The van der Waals surface area contributed by atoms with E-state index in [1.807, 2.05) is 24.3 Å². The molecule has 0 amide bonds. The number of hydrogen-bond donors (Lipinski definition) is 2. The van der Waals surface area contributed by atoms with Gasteiger partial charge < -0.3 is 9.94 Å². The predicted molar refractivity (Wildman–Crippen MR) is 76.8 cm³/mol. The highest BCUT2D eigenvalue weighted by Crippen LogP contribution is 2.32. The molecule has 0 radical (unpaired) electrons. The normalized spacial score (nSPS) is 12.2. The minimum Gasteiger partial charge on any atom is -0.595 e. The number of hydrogen-bond acceptors (Lipinski definition) is 3. The standard InChI is InChI=1S/C14H14BrNO3/c1-19-14-6-5-10(9-15)7-13(14)11-3-2-4-12(8-11)16(17)18/h2-8,16-17H,9H2,1H3. The van der Waals surface area contributed by atoms with Gasteiger partial charge in [0, 0.05) is 23.0 Å². The van der Waals surface area contributed by atoms with E-state index in [0.29, 0.717) is 0 Å². The third-order valence-electron chi connectivity index (χ3n) is 2.84. The summed E-state index contributed by atoms with van der Waals surface area (Å²) in [5.41, 5.74) is 3.10. The first kappa shape index (κ1) is 14.0. The Morgan fingerprint density at radius 1 is 1.26 bits per heavy atom. The molecule has 0 aliphatic carbocycles. The Labute approximate surface area is 119 Å². The van der Waals surface area contributed by atoms with Crippen molar-refractivity contribution in [2.75, 3.05) is 7.11 Å². The van der Waals surface area contributed by atoms with Gasteiger partial charge in [0.05, 0.1) is 7.11 Å². The molecule has 0 aromatic heterocycles. The van der Waals surface area contributed by atoms with Gasteiger partial charge in [-0.15, -0.1) is 0 Å². The van der Waals surface area contributed by atoms with Crippen LogP contribution in [0.2, 0.25) is 0 Å². The van der Waals surface area contributed by atoms with Crippen molar-refractivity contribution in [1.29, 1.82) is 0 Å². The van der Waals surface area contributed by atoms with E-state index >= 15 is 0 Å². The fraction of sp³-hybridized carbons (Fsp3) is 0.143. The summed E-state index contributed by atoms with van der Waals surface area (Å²) in [5, 5.41) is 19.9. The van der Waals surface area contributed by atoms with Gasteiger partial charge in [-0.3, -0.25) is 0 Å². The van der Waals surface area contributed by atoms with Crippen molar-refractivity contribution < 1.29 is 15.2 Å². The third kappa shape index (κ3) is 3.13. The molecular formula is C14H14BrNO3. The van der Waals surface area contributed by atoms with E-state index in [4.69, 9.17) is 9.94 Å². The monoisotopic (exact) mass is 323 g/mol. The molecule has 0 fully saturated rings. The lowest BCUT2D eigenvalue weighted by Gasteiger charge is -2.14. The van der Waals surface area contributed by atoms with Crippen LogP contribution in [0.1, 0.15) is 5.56 Å². The fourth-order valence-electron chi connectivity index (χ4n) is 1.88. The van der Waals surface area contributed by atoms with Gasteiger partial charge in [0.25, 0.3) is 0 Å². The number of ether oxygens (including phenoxy) is 1. The van der Waals surface area contributed by atoms with E-state index in [9.17, 15) is 5.21 Å². The molecule has 1 unspecified atom stereocenters. The van der Waals surface area contributed by atoms with Gasteiger partial charge in [0.1, 0.15) is 5.75 Å². The zero-order valence-corrected chi connectivity index (χ0v) is 12.0. The summed E-state index contributed by atoms with van der Waals surface area (Å²) in [6.07, 6.45) is 0. The van der Waals surface area contributed by atoms with E-state index in [0.717, 1.165) is 27.8 Å². The Morgan fingerprint density at radius 3 is 2.68 bits per heavy atom. The van der Waals surface area contributed by atoms with Crippen LogP contribution in [0.3, 0.4) is 0 Å². The second-order valence-electron chi connectivity index (χ2n) is 4.05. The largest absolute Gasteiger partial charge is 0.595 e. The SMILES string of the molecule is COc1ccc(CBr)cc1-c1cccc([NH+]([O-])O)c1. The lowest BCUT2D eigenvalue weighted by Crippen LogP contribution is -2.99. The Morgan fingerprint density at radius 2 is 2.05 bits per heavy atom. The van der Waals surface area contributed by atoms with Crippen molar-refractivity contribution in [3.05, 3.63) is 53.2 Å². The van der Waals surface area contributed by atoms with Crippen molar-refractivity contribution in [1.82, 2.24) is 0 Å². The summed E-state index contributed by atoms with van der Waals surface area (Å²) in [7, 11) is 1.60. The van der Waals surface area contributed by atoms with Crippen molar-refractivity contribution in [3.63, 3.8) is 0 Å². The number of alkyl halides is 1. The Balaban J connectivity index is 2.53. The molecule has 2 N–H and O–H groups in total. The molecule has 0 spiro atoms. The van der Waals surface area contributed by atoms with Gasteiger partial charge in [-0.1, -0.05) is 34.1 Å². The molecule has 0 heterocycles. The van der Waals surface area contributed by atoms with Crippen LogP contribution in [0.4, 0.5) is 5.69 Å². The Bertz CT molecular complexity index is 572. The predicted octanol–water partition coefficient (Wildman–Crippen LogP) is 2.66. The highest BCUT2D eigenvalue weighted by molar-refractivity contribution is 9.08. The van der Waals surface area contributed by atoms with Crippen molar-refractivity contribution in [2.45, 2.75) is 5.33 Å². The maximum atomic E-state index is 11.0. The first-order chi connectivity index (χ1) is 9.15. The summed E-state index contributed by atoms with van der Waals surface area (Å²) in [6.45, 7) is 0. The first-order valence-electron chi connectivity index (χ1n) is 5.72. The van der Waals surface area contributed by atoms with Crippen LogP contribution in [0, 0.1) is 5.21 Å². The summed E-state index contributed by atoms with van der Waals surface area (Å²) >= 11 is 3.41. The van der Waals surface area contributed by atoms with Crippen LogP contribution in [0.15, 0.2) is 42.5 Å². The maximum Gasteiger partial charge on any atom is 0.164 e. The smallest absolute Gasteiger partial charge is 0.164 e. The molecule has 2 aromatic carbocycles. The lowest BCUT2D eigenvalue weighted by molar-refractivity contribution is -0.991. The molecular weight excluding hydrogens is 310 g/mol. The molecule has 0 aliphatic heterocycles. The van der Waals surface area contributed by atoms with Gasteiger partial charge in [-0.2, -0.15) is 5.23 Å². The molecule has 0 saturated carbocycles. The zero-order chi connectivity index (χ0) is 13.8. The van der Waals surface area contributed by atoms with Gasteiger partial charge in [-0.05, 0) is 23.3 Å². The van der Waals surface area contributed by atoms with Crippen LogP contribution in [-0.4, -0.2) is 12.3 Å². The van der Waals surface area contributed by atoms with Crippen molar-refractivity contribution >= 4 is 21.6 Å². The lowest BCUT2D eigenvalue weighted by atomic mass is 10.0. The summed E-state index contributed by atoms with van der Waals surface area (Å²) in [5.74, 6) is 0.729. The van der Waals surface area contributed by atoms with Crippen LogP contribution >= 0.6 is 15.9 Å². The molecule has 2 rings (SSSR count). The quantitative estimate of drug-likeness (QED) is 0.671. The van der Waals surface area contributed by atoms with E-state index in [-0.39, 0.29) is 5.69 Å². The third-order valence-corrected chi connectivity index (χ3v) is 3.49. The number of nitrogens with one attached hydrogen (secondary N) is 1. The van der Waals surface area contributed by atoms with Gasteiger partial charge in [-0.25, -0.2) is 5.21 Å². The van der Waals surface area contributed by atoms with E-state index in [2.05, 4.69) is 15.9 Å². The molecule has 0 aliphatic rings. The number of methoxy groups -OCH3 is 1. The average molecular weight is 324 g/mol. The molecule has 0 saturated heterocycles. The number of halogens is 1. The molecule has 2 aromatic rings. The highest BCUT2D eigenvalue weighted by atomic mass is 79.9. The Kier molecular flexibility index (Phi) is 4.55. The second-order valence-corrected chi connectivity index (χ2v) is 4.61. The molecule has 1 atom stereocenters. The van der Waals surface area contributed by atoms with Crippen LogP contribution in [-0.2, 0) is 5.33 Å². The number of benzene rings is 2. The maximum absolute atomic E-state index is 11.0. The van der Waals surface area contributed by atoms with E-state index in [1.54, 1.807) is 25.3 Å². The first-order valence-corrected chi connectivity index (χ1v) is 6.84. The van der Waals surface area contributed by atoms with Crippen molar-refractivity contribution in [3.8, 4) is 16.9 Å². The summed E-state index contributed by atoms with van der Waals surface area (Å²) < 4.78 is 5.34. The van der Waals surface area contributed by atoms with Crippen LogP contribution < -0.4 is 9.96 Å². The minimum absolute atomic E-state index is 0.267. The van der Waals surface area contributed by atoms with Crippen molar-refractivity contribution in [2.24, 2.45) is 0 Å². The number of quaternary nitrogens is 1. The van der Waals surface area contributed by atoms with Crippen LogP contribution in [0.5, 0.6) is 5.75 Å². The number of rotatable bonds is 4. The van der Waals surface area contributed by atoms with Gasteiger partial charge >= 0.3 is 0 Å². The average Bonchev–Trinajstić information content (AvgIpc) is 2.46. The zero-order valence-electron chi connectivity index (χ0n) is 10.4. The molecule has 4 nitrogen and oxygen atoms in total. The molecule has 100 valence electrons. The van der Waals surface area contributed by atoms with Crippen LogP contribution in [0.25, 0.3) is 11.1 Å². The van der Waals surface area contributed by atoms with Gasteiger partial charge in [0.2, 0.25) is 0 Å². The molecule has 0 bridgehead atoms. The van der Waals surface area contributed by atoms with E-state index in [1.165, 1.54) is 0 Å². The van der Waals surface area contributed by atoms with E-state index < -0.39 is 5.23 Å². The Hall–Kier alpha value is -1.40. The minimum atomic E-state index is -0.933. The fourth-order valence-corrected chi connectivity index (χ4v) is 2.23. The van der Waals surface area contributed by atoms with Gasteiger partial charge in [0.15, 0.2) is 5.69 Å². The topological polar surface area (TPSA) is 57.0 Å². The second kappa shape index (κ2) is 6.16. The molecule has 19 heavy (non-hydrogen) atoms.